The van der Waals surface area contributed by atoms with E-state index >= 15 is 0 Å². The number of benzene rings is 1. The summed E-state index contributed by atoms with van der Waals surface area (Å²) in [6, 6.07) is 5.63. The Bertz CT molecular complexity index is 562. The minimum Gasteiger partial charge on any atom is -0.335 e. The molecule has 1 aliphatic heterocycles. The average Bonchev–Trinajstić information content (AvgIpc) is 3.10. The fraction of sp³-hybridized carbons (Fsp3) is 0.429. The van der Waals surface area contributed by atoms with Gasteiger partial charge in [0.15, 0.2) is 0 Å². The SMILES string of the molecule is CC1(C)C(=O)Nc2ccc(NC(=O)NC3CC3)cc21. The average molecular weight is 259 g/mol. The van der Waals surface area contributed by atoms with Gasteiger partial charge in [-0.25, -0.2) is 4.79 Å². The molecule has 1 aliphatic carbocycles. The van der Waals surface area contributed by atoms with Gasteiger partial charge in [-0.3, -0.25) is 4.79 Å². The zero-order valence-corrected chi connectivity index (χ0v) is 11.0. The predicted molar refractivity (Wildman–Crippen MR) is 73.3 cm³/mol. The molecular weight excluding hydrogens is 242 g/mol. The van der Waals surface area contributed by atoms with Crippen LogP contribution in [0.4, 0.5) is 16.2 Å². The first kappa shape index (κ1) is 12.0. The van der Waals surface area contributed by atoms with E-state index in [2.05, 4.69) is 16.0 Å². The number of nitrogens with one attached hydrogen (secondary N) is 3. The van der Waals surface area contributed by atoms with Crippen molar-refractivity contribution in [2.24, 2.45) is 0 Å². The van der Waals surface area contributed by atoms with Crippen molar-refractivity contribution in [3.05, 3.63) is 23.8 Å². The van der Waals surface area contributed by atoms with Gasteiger partial charge in [-0.05, 0) is 50.5 Å². The standard InChI is InChI=1S/C14H17N3O2/c1-14(2)10-7-9(5-6-11(10)17-12(14)18)16-13(19)15-8-3-4-8/h5-8H,3-4H2,1-2H3,(H,17,18)(H2,15,16,19). The van der Waals surface area contributed by atoms with Gasteiger partial charge in [0.2, 0.25) is 5.91 Å². The number of hydrogen-bond donors (Lipinski definition) is 3. The first-order valence-electron chi connectivity index (χ1n) is 6.50. The Kier molecular flexibility index (Phi) is 2.52. The number of hydrogen-bond acceptors (Lipinski definition) is 2. The van der Waals surface area contributed by atoms with Crippen molar-refractivity contribution in [3.63, 3.8) is 0 Å². The maximum Gasteiger partial charge on any atom is 0.319 e. The lowest BCUT2D eigenvalue weighted by molar-refractivity contribution is -0.119. The van der Waals surface area contributed by atoms with E-state index in [0.717, 1.165) is 24.1 Å². The topological polar surface area (TPSA) is 70.2 Å². The number of fused-ring (bicyclic) bond motifs is 1. The molecule has 0 unspecified atom stereocenters. The molecule has 1 aromatic rings. The second-order valence-corrected chi connectivity index (χ2v) is 5.71. The van der Waals surface area contributed by atoms with Crippen LogP contribution in [0.2, 0.25) is 0 Å². The Morgan fingerprint density at radius 3 is 2.79 bits per heavy atom. The summed E-state index contributed by atoms with van der Waals surface area (Å²) in [5.41, 5.74) is 1.89. The molecule has 0 spiro atoms. The van der Waals surface area contributed by atoms with Crippen LogP contribution in [0.5, 0.6) is 0 Å². The van der Waals surface area contributed by atoms with Crippen molar-refractivity contribution >= 4 is 23.3 Å². The lowest BCUT2D eigenvalue weighted by Crippen LogP contribution is -2.30. The zero-order valence-electron chi connectivity index (χ0n) is 11.0. The van der Waals surface area contributed by atoms with E-state index in [4.69, 9.17) is 0 Å². The number of rotatable bonds is 2. The molecule has 0 aromatic heterocycles. The van der Waals surface area contributed by atoms with Gasteiger partial charge in [-0.15, -0.1) is 0 Å². The van der Waals surface area contributed by atoms with Crippen molar-refractivity contribution in [1.82, 2.24) is 5.32 Å². The Morgan fingerprint density at radius 2 is 2.11 bits per heavy atom. The summed E-state index contributed by atoms with van der Waals surface area (Å²) >= 11 is 0. The van der Waals surface area contributed by atoms with Crippen molar-refractivity contribution < 1.29 is 9.59 Å². The molecule has 3 N–H and O–H groups in total. The zero-order chi connectivity index (χ0) is 13.6. The summed E-state index contributed by atoms with van der Waals surface area (Å²) in [6.45, 7) is 3.75. The van der Waals surface area contributed by atoms with Crippen LogP contribution in [-0.4, -0.2) is 18.0 Å². The lowest BCUT2D eigenvalue weighted by atomic mass is 9.86. The van der Waals surface area contributed by atoms with Gasteiger partial charge in [0, 0.05) is 17.4 Å². The molecule has 1 heterocycles. The van der Waals surface area contributed by atoms with Crippen LogP contribution in [-0.2, 0) is 10.2 Å². The summed E-state index contributed by atoms with van der Waals surface area (Å²) in [6.07, 6.45) is 2.12. The molecule has 1 aromatic carbocycles. The number of urea groups is 1. The van der Waals surface area contributed by atoms with E-state index < -0.39 is 5.41 Å². The number of amides is 3. The molecule has 2 aliphatic rings. The van der Waals surface area contributed by atoms with Crippen molar-refractivity contribution in [2.75, 3.05) is 10.6 Å². The summed E-state index contributed by atoms with van der Waals surface area (Å²) < 4.78 is 0. The van der Waals surface area contributed by atoms with Crippen LogP contribution in [0.1, 0.15) is 32.3 Å². The maximum atomic E-state index is 11.8. The third-order valence-electron chi connectivity index (χ3n) is 3.68. The highest BCUT2D eigenvalue weighted by Crippen LogP contribution is 2.38. The molecular formula is C14H17N3O2. The monoisotopic (exact) mass is 259 g/mol. The van der Waals surface area contributed by atoms with E-state index in [1.165, 1.54) is 0 Å². The van der Waals surface area contributed by atoms with E-state index in [0.29, 0.717) is 11.7 Å². The molecule has 1 saturated carbocycles. The number of carbonyl (C=O) groups excluding carboxylic acids is 2. The minimum atomic E-state index is -0.556. The van der Waals surface area contributed by atoms with Crippen LogP contribution in [0, 0.1) is 0 Å². The normalized spacial score (nSPS) is 19.6. The molecule has 19 heavy (non-hydrogen) atoms. The maximum absolute atomic E-state index is 11.8. The third kappa shape index (κ3) is 2.16. The third-order valence-corrected chi connectivity index (χ3v) is 3.68. The lowest BCUT2D eigenvalue weighted by Gasteiger charge is -2.16. The van der Waals surface area contributed by atoms with Gasteiger partial charge in [-0.2, -0.15) is 0 Å². The largest absolute Gasteiger partial charge is 0.335 e. The Balaban J connectivity index is 1.79. The van der Waals surface area contributed by atoms with Crippen LogP contribution < -0.4 is 16.0 Å². The van der Waals surface area contributed by atoms with Crippen LogP contribution in [0.25, 0.3) is 0 Å². The molecule has 100 valence electrons. The fourth-order valence-corrected chi connectivity index (χ4v) is 2.23. The van der Waals surface area contributed by atoms with Gasteiger partial charge < -0.3 is 16.0 Å². The fourth-order valence-electron chi connectivity index (χ4n) is 2.23. The van der Waals surface area contributed by atoms with Crippen molar-refractivity contribution in [1.29, 1.82) is 0 Å². The van der Waals surface area contributed by atoms with Crippen molar-refractivity contribution in [3.8, 4) is 0 Å². The molecule has 1 fully saturated rings. The highest BCUT2D eigenvalue weighted by Gasteiger charge is 2.38. The van der Waals surface area contributed by atoms with E-state index in [-0.39, 0.29) is 11.9 Å². The molecule has 0 radical (unpaired) electrons. The Morgan fingerprint density at radius 1 is 1.37 bits per heavy atom. The molecule has 0 bridgehead atoms. The van der Waals surface area contributed by atoms with E-state index in [9.17, 15) is 9.59 Å². The Labute approximate surface area is 111 Å². The molecule has 0 atom stereocenters. The summed E-state index contributed by atoms with van der Waals surface area (Å²) in [5.74, 6) is -0.0120. The predicted octanol–water partition coefficient (Wildman–Crippen LogP) is 2.20. The van der Waals surface area contributed by atoms with Crippen molar-refractivity contribution in [2.45, 2.75) is 38.1 Å². The molecule has 5 heteroatoms. The minimum absolute atomic E-state index is 0.0120. The van der Waals surface area contributed by atoms with E-state index in [1.54, 1.807) is 6.07 Å². The second kappa shape index (κ2) is 3.98. The van der Waals surface area contributed by atoms with Gasteiger partial charge in [0.25, 0.3) is 0 Å². The molecule has 3 amide bonds. The highest BCUT2D eigenvalue weighted by molar-refractivity contribution is 6.06. The van der Waals surface area contributed by atoms with Gasteiger partial charge in [0.05, 0.1) is 5.41 Å². The quantitative estimate of drug-likeness (QED) is 0.762. The summed E-state index contributed by atoms with van der Waals surface area (Å²) in [7, 11) is 0. The second-order valence-electron chi connectivity index (χ2n) is 5.71. The highest BCUT2D eigenvalue weighted by atomic mass is 16.2. The molecule has 3 rings (SSSR count). The van der Waals surface area contributed by atoms with E-state index in [1.807, 2.05) is 26.0 Å². The summed E-state index contributed by atoms with van der Waals surface area (Å²) in [5, 5.41) is 8.52. The first-order chi connectivity index (χ1) is 8.96. The summed E-state index contributed by atoms with van der Waals surface area (Å²) in [4.78, 5) is 23.5. The molecule has 0 saturated heterocycles. The van der Waals surface area contributed by atoms with Crippen LogP contribution in [0.3, 0.4) is 0 Å². The smallest absolute Gasteiger partial charge is 0.319 e. The van der Waals surface area contributed by atoms with Gasteiger partial charge in [0.1, 0.15) is 0 Å². The number of anilines is 2. The van der Waals surface area contributed by atoms with Gasteiger partial charge >= 0.3 is 6.03 Å². The van der Waals surface area contributed by atoms with Crippen LogP contribution >= 0.6 is 0 Å². The van der Waals surface area contributed by atoms with Crippen LogP contribution in [0.15, 0.2) is 18.2 Å². The Hall–Kier alpha value is -2.04. The first-order valence-corrected chi connectivity index (χ1v) is 6.50. The molecule has 5 nitrogen and oxygen atoms in total. The number of carbonyl (C=O) groups is 2. The van der Waals surface area contributed by atoms with Gasteiger partial charge in [-0.1, -0.05) is 0 Å².